The molecule has 4 nitrogen and oxygen atoms in total. The first kappa shape index (κ1) is 19.9. The Kier molecular flexibility index (Phi) is 5.76. The molecule has 1 N–H and O–H groups in total. The zero-order valence-corrected chi connectivity index (χ0v) is 18.1. The summed E-state index contributed by atoms with van der Waals surface area (Å²) in [5.41, 5.74) is 3.58. The van der Waals surface area contributed by atoms with E-state index >= 15 is 0 Å². The second-order valence-corrected chi connectivity index (χ2v) is 10.7. The number of sulfonamides is 1. The second kappa shape index (κ2) is 8.13. The van der Waals surface area contributed by atoms with E-state index in [1.165, 1.54) is 22.5 Å². The Morgan fingerprint density at radius 2 is 1.96 bits per heavy atom. The van der Waals surface area contributed by atoms with Gasteiger partial charge in [0.1, 0.15) is 4.21 Å². The maximum Gasteiger partial charge on any atom is 0.250 e. The van der Waals surface area contributed by atoms with E-state index in [4.69, 9.17) is 11.6 Å². The van der Waals surface area contributed by atoms with Gasteiger partial charge >= 0.3 is 0 Å². The standard InChI is InChI=1S/C21H23ClN2O2S2/c1-15-19-13-18(22)7-8-20(19)27-21(15)28(25,26)23-10-4-11-24-12-9-16-5-2-3-6-17(16)14-24/h2-3,5-8,13,23H,4,9-12,14H2,1H3. The Morgan fingerprint density at radius 1 is 1.18 bits per heavy atom. The normalized spacial score (nSPS) is 15.1. The van der Waals surface area contributed by atoms with Gasteiger partial charge in [0.05, 0.1) is 0 Å². The Bertz CT molecular complexity index is 1110. The van der Waals surface area contributed by atoms with E-state index in [9.17, 15) is 8.42 Å². The highest BCUT2D eigenvalue weighted by molar-refractivity contribution is 7.91. The van der Waals surface area contributed by atoms with E-state index in [0.29, 0.717) is 15.8 Å². The number of aryl methyl sites for hydroxylation is 1. The monoisotopic (exact) mass is 434 g/mol. The summed E-state index contributed by atoms with van der Waals surface area (Å²) in [4.78, 5) is 2.39. The molecule has 0 bridgehead atoms. The summed E-state index contributed by atoms with van der Waals surface area (Å²) in [6.45, 7) is 5.14. The van der Waals surface area contributed by atoms with Crippen molar-refractivity contribution in [3.05, 3.63) is 64.2 Å². The lowest BCUT2D eigenvalue weighted by Gasteiger charge is -2.28. The van der Waals surface area contributed by atoms with Gasteiger partial charge in [0.15, 0.2) is 0 Å². The second-order valence-electron chi connectivity index (χ2n) is 7.20. The number of rotatable bonds is 6. The fourth-order valence-electron chi connectivity index (χ4n) is 3.75. The highest BCUT2D eigenvalue weighted by Gasteiger charge is 2.22. The maximum atomic E-state index is 12.8. The molecule has 7 heteroatoms. The molecular weight excluding hydrogens is 412 g/mol. The Labute approximate surface area is 175 Å². The van der Waals surface area contributed by atoms with Crippen LogP contribution in [0.15, 0.2) is 46.7 Å². The molecule has 0 saturated carbocycles. The molecule has 148 valence electrons. The summed E-state index contributed by atoms with van der Waals surface area (Å²) in [6, 6.07) is 14.0. The van der Waals surface area contributed by atoms with Crippen molar-refractivity contribution in [3.8, 4) is 0 Å². The van der Waals surface area contributed by atoms with E-state index in [1.807, 2.05) is 19.1 Å². The number of fused-ring (bicyclic) bond motifs is 2. The van der Waals surface area contributed by atoms with Crippen molar-refractivity contribution in [1.82, 2.24) is 9.62 Å². The van der Waals surface area contributed by atoms with Crippen LogP contribution in [0.5, 0.6) is 0 Å². The Balaban J connectivity index is 1.35. The van der Waals surface area contributed by atoms with Crippen LogP contribution in [-0.2, 0) is 23.0 Å². The fourth-order valence-corrected chi connectivity index (χ4v) is 6.78. The van der Waals surface area contributed by atoms with Gasteiger partial charge in [0, 0.05) is 29.4 Å². The molecule has 0 unspecified atom stereocenters. The average molecular weight is 435 g/mol. The first-order chi connectivity index (χ1) is 13.4. The number of nitrogens with one attached hydrogen (secondary N) is 1. The SMILES string of the molecule is Cc1c(S(=O)(=O)NCCCN2CCc3ccccc3C2)sc2ccc(Cl)cc12. The number of benzene rings is 2. The summed E-state index contributed by atoms with van der Waals surface area (Å²) >= 11 is 7.36. The van der Waals surface area contributed by atoms with Crippen molar-refractivity contribution in [1.29, 1.82) is 0 Å². The Hall–Kier alpha value is -1.44. The van der Waals surface area contributed by atoms with E-state index in [0.717, 1.165) is 48.1 Å². The minimum atomic E-state index is -3.51. The van der Waals surface area contributed by atoms with Crippen LogP contribution >= 0.6 is 22.9 Å². The maximum absolute atomic E-state index is 12.8. The molecule has 2 heterocycles. The van der Waals surface area contributed by atoms with Crippen LogP contribution in [-0.4, -0.2) is 33.0 Å². The number of hydrogen-bond acceptors (Lipinski definition) is 4. The number of hydrogen-bond donors (Lipinski definition) is 1. The molecule has 28 heavy (non-hydrogen) atoms. The smallest absolute Gasteiger partial charge is 0.250 e. The zero-order valence-electron chi connectivity index (χ0n) is 15.7. The molecule has 0 fully saturated rings. The average Bonchev–Trinajstić information content (AvgIpc) is 3.02. The molecule has 3 aromatic rings. The van der Waals surface area contributed by atoms with E-state index in [-0.39, 0.29) is 0 Å². The quantitative estimate of drug-likeness (QED) is 0.577. The van der Waals surface area contributed by atoms with Crippen LogP contribution in [0.3, 0.4) is 0 Å². The molecule has 1 aliphatic rings. The van der Waals surface area contributed by atoms with Gasteiger partial charge in [-0.05, 0) is 66.6 Å². The van der Waals surface area contributed by atoms with E-state index in [2.05, 4.69) is 33.9 Å². The molecule has 0 radical (unpaired) electrons. The van der Waals surface area contributed by atoms with Crippen LogP contribution in [0, 0.1) is 6.92 Å². The summed E-state index contributed by atoms with van der Waals surface area (Å²) in [5, 5.41) is 1.53. The van der Waals surface area contributed by atoms with Crippen molar-refractivity contribution in [3.63, 3.8) is 0 Å². The van der Waals surface area contributed by atoms with E-state index < -0.39 is 10.0 Å². The minimum Gasteiger partial charge on any atom is -0.299 e. The van der Waals surface area contributed by atoms with Crippen LogP contribution in [0.4, 0.5) is 0 Å². The van der Waals surface area contributed by atoms with Crippen LogP contribution in [0.1, 0.15) is 23.1 Å². The van der Waals surface area contributed by atoms with Gasteiger partial charge in [-0.15, -0.1) is 11.3 Å². The van der Waals surface area contributed by atoms with Crippen LogP contribution in [0.25, 0.3) is 10.1 Å². The van der Waals surface area contributed by atoms with Gasteiger partial charge in [-0.2, -0.15) is 0 Å². The van der Waals surface area contributed by atoms with Crippen LogP contribution in [0.2, 0.25) is 5.02 Å². The molecule has 0 spiro atoms. The van der Waals surface area contributed by atoms with Gasteiger partial charge < -0.3 is 0 Å². The molecular formula is C21H23ClN2O2S2. The molecule has 1 aromatic heterocycles. The molecule has 0 amide bonds. The van der Waals surface area contributed by atoms with Gasteiger partial charge in [0.25, 0.3) is 0 Å². The summed E-state index contributed by atoms with van der Waals surface area (Å²) in [5.74, 6) is 0. The highest BCUT2D eigenvalue weighted by atomic mass is 35.5. The van der Waals surface area contributed by atoms with Crippen molar-refractivity contribution in [2.75, 3.05) is 19.6 Å². The predicted octanol–water partition coefficient (Wildman–Crippen LogP) is 4.59. The van der Waals surface area contributed by atoms with Crippen molar-refractivity contribution < 1.29 is 8.42 Å². The zero-order chi connectivity index (χ0) is 19.7. The first-order valence-electron chi connectivity index (χ1n) is 9.41. The van der Waals surface area contributed by atoms with Crippen molar-refractivity contribution in [2.45, 2.75) is 30.5 Å². The third kappa shape index (κ3) is 4.11. The summed E-state index contributed by atoms with van der Waals surface area (Å²) in [7, 11) is -3.51. The van der Waals surface area contributed by atoms with Gasteiger partial charge in [0.2, 0.25) is 10.0 Å². The lowest BCUT2D eigenvalue weighted by Crippen LogP contribution is -2.33. The Morgan fingerprint density at radius 3 is 2.79 bits per heavy atom. The molecule has 0 atom stereocenters. The summed E-state index contributed by atoms with van der Waals surface area (Å²) < 4.78 is 29.6. The molecule has 2 aromatic carbocycles. The topological polar surface area (TPSA) is 49.4 Å². The third-order valence-electron chi connectivity index (χ3n) is 5.25. The number of halogens is 1. The van der Waals surface area contributed by atoms with Gasteiger partial charge in [-0.3, -0.25) is 4.90 Å². The van der Waals surface area contributed by atoms with E-state index in [1.54, 1.807) is 6.07 Å². The lowest BCUT2D eigenvalue weighted by molar-refractivity contribution is 0.251. The predicted molar refractivity (Wildman–Crippen MR) is 117 cm³/mol. The first-order valence-corrected chi connectivity index (χ1v) is 12.1. The van der Waals surface area contributed by atoms with Crippen molar-refractivity contribution in [2.24, 2.45) is 0 Å². The van der Waals surface area contributed by atoms with Gasteiger partial charge in [-0.25, -0.2) is 13.1 Å². The lowest BCUT2D eigenvalue weighted by atomic mass is 10.00. The van der Waals surface area contributed by atoms with Gasteiger partial charge in [-0.1, -0.05) is 35.9 Å². The molecule has 1 aliphatic heterocycles. The largest absolute Gasteiger partial charge is 0.299 e. The third-order valence-corrected chi connectivity index (χ3v) is 8.84. The number of thiophene rings is 1. The molecule has 4 rings (SSSR count). The summed E-state index contributed by atoms with van der Waals surface area (Å²) in [6.07, 6.45) is 1.85. The minimum absolute atomic E-state index is 0.386. The number of nitrogens with zero attached hydrogens (tertiary/aromatic N) is 1. The van der Waals surface area contributed by atoms with Crippen molar-refractivity contribution >= 4 is 43.0 Å². The highest BCUT2D eigenvalue weighted by Crippen LogP contribution is 2.35. The molecule has 0 aliphatic carbocycles. The molecule has 0 saturated heterocycles. The fraction of sp³-hybridized carbons (Fsp3) is 0.333. The van der Waals surface area contributed by atoms with Crippen LogP contribution < -0.4 is 4.72 Å².